The Kier molecular flexibility index (Phi) is 4.94. The summed E-state index contributed by atoms with van der Waals surface area (Å²) in [5.74, 6) is 0. The predicted octanol–water partition coefficient (Wildman–Crippen LogP) is 8.33. The van der Waals surface area contributed by atoms with E-state index in [1.54, 1.807) is 22.3 Å². The van der Waals surface area contributed by atoms with Gasteiger partial charge >= 0.3 is 0 Å². The van der Waals surface area contributed by atoms with Gasteiger partial charge in [0.05, 0.1) is 5.54 Å². The SMILES string of the molecule is CN(c1ccc2c(c1)C(C)(C)CCC2(C)C)C1(C)C=C2C(=CC1)C(C)(C)CCC2(C)C. The molecule has 1 nitrogen and oxygen atoms in total. The molecular formula is C30H45N. The van der Waals surface area contributed by atoms with Crippen LogP contribution in [0.4, 0.5) is 5.69 Å². The third-order valence-corrected chi connectivity index (χ3v) is 9.29. The molecule has 1 heteroatoms. The number of anilines is 1. The summed E-state index contributed by atoms with van der Waals surface area (Å²) in [6, 6.07) is 7.31. The molecule has 31 heavy (non-hydrogen) atoms. The van der Waals surface area contributed by atoms with Crippen LogP contribution in [0.15, 0.2) is 41.5 Å². The predicted molar refractivity (Wildman–Crippen MR) is 136 cm³/mol. The lowest BCUT2D eigenvalue weighted by Crippen LogP contribution is -2.46. The maximum Gasteiger partial charge on any atom is 0.0593 e. The van der Waals surface area contributed by atoms with Crippen LogP contribution in [0.25, 0.3) is 0 Å². The smallest absolute Gasteiger partial charge is 0.0593 e. The van der Waals surface area contributed by atoms with Crippen molar-refractivity contribution in [3.63, 3.8) is 0 Å². The molecule has 0 aromatic heterocycles. The number of fused-ring (bicyclic) bond motifs is 2. The molecule has 0 heterocycles. The summed E-state index contributed by atoms with van der Waals surface area (Å²) in [5, 5.41) is 0. The molecule has 0 radical (unpaired) electrons. The van der Waals surface area contributed by atoms with Crippen LogP contribution >= 0.6 is 0 Å². The second-order valence-corrected chi connectivity index (χ2v) is 13.6. The molecule has 3 aliphatic carbocycles. The van der Waals surface area contributed by atoms with E-state index in [2.05, 4.69) is 105 Å². The summed E-state index contributed by atoms with van der Waals surface area (Å²) in [4.78, 5) is 2.54. The molecule has 170 valence electrons. The minimum Gasteiger partial charge on any atom is -0.365 e. The van der Waals surface area contributed by atoms with Gasteiger partial charge < -0.3 is 4.90 Å². The summed E-state index contributed by atoms with van der Waals surface area (Å²) in [6.45, 7) is 21.9. The van der Waals surface area contributed by atoms with Gasteiger partial charge in [0.1, 0.15) is 0 Å². The van der Waals surface area contributed by atoms with E-state index >= 15 is 0 Å². The van der Waals surface area contributed by atoms with Crippen LogP contribution in [-0.4, -0.2) is 12.6 Å². The van der Waals surface area contributed by atoms with E-state index in [-0.39, 0.29) is 21.8 Å². The van der Waals surface area contributed by atoms with Crippen LogP contribution in [0.2, 0.25) is 0 Å². The third kappa shape index (κ3) is 3.61. The Balaban J connectivity index is 1.75. The fourth-order valence-corrected chi connectivity index (χ4v) is 6.28. The van der Waals surface area contributed by atoms with Gasteiger partial charge in [-0.25, -0.2) is 0 Å². The molecule has 1 fully saturated rings. The first-order valence-electron chi connectivity index (χ1n) is 12.4. The summed E-state index contributed by atoms with van der Waals surface area (Å²) < 4.78 is 0. The van der Waals surface area contributed by atoms with E-state index in [1.807, 2.05) is 0 Å². The van der Waals surface area contributed by atoms with Crippen LogP contribution in [0.3, 0.4) is 0 Å². The molecule has 3 aliphatic rings. The second-order valence-electron chi connectivity index (χ2n) is 13.6. The van der Waals surface area contributed by atoms with Gasteiger partial charge in [0.15, 0.2) is 0 Å². The van der Waals surface area contributed by atoms with Crippen LogP contribution in [0.1, 0.15) is 106 Å². The minimum absolute atomic E-state index is 0.00604. The fraction of sp³-hybridized carbons (Fsp3) is 0.667. The zero-order valence-corrected chi connectivity index (χ0v) is 21.9. The third-order valence-electron chi connectivity index (χ3n) is 9.29. The number of benzene rings is 1. The van der Waals surface area contributed by atoms with Crippen LogP contribution < -0.4 is 4.90 Å². The summed E-state index contributed by atoms with van der Waals surface area (Å²) in [7, 11) is 2.31. The molecule has 4 rings (SSSR count). The van der Waals surface area contributed by atoms with Crippen molar-refractivity contribution < 1.29 is 0 Å². The van der Waals surface area contributed by atoms with Crippen molar-refractivity contribution in [3.05, 3.63) is 52.6 Å². The average Bonchev–Trinajstić information content (AvgIpc) is 2.68. The molecule has 1 atom stereocenters. The Bertz CT molecular complexity index is 953. The quantitative estimate of drug-likeness (QED) is 0.465. The van der Waals surface area contributed by atoms with Crippen molar-refractivity contribution >= 4 is 5.69 Å². The molecule has 1 unspecified atom stereocenters. The average molecular weight is 420 g/mol. The van der Waals surface area contributed by atoms with Crippen LogP contribution in [0, 0.1) is 10.8 Å². The van der Waals surface area contributed by atoms with E-state index in [0.29, 0.717) is 5.41 Å². The molecular weight excluding hydrogens is 374 g/mol. The van der Waals surface area contributed by atoms with E-state index in [1.165, 1.54) is 31.4 Å². The van der Waals surface area contributed by atoms with Gasteiger partial charge in [-0.05, 0) is 95.1 Å². The molecule has 0 amide bonds. The van der Waals surface area contributed by atoms with Crippen molar-refractivity contribution in [1.82, 2.24) is 0 Å². The van der Waals surface area contributed by atoms with Crippen molar-refractivity contribution in [1.29, 1.82) is 0 Å². The topological polar surface area (TPSA) is 3.24 Å². The molecule has 0 N–H and O–H groups in total. The molecule has 0 spiro atoms. The Hall–Kier alpha value is -1.50. The zero-order chi connectivity index (χ0) is 23.0. The number of allylic oxidation sites excluding steroid dienone is 2. The number of nitrogens with zero attached hydrogens (tertiary/aromatic N) is 1. The zero-order valence-electron chi connectivity index (χ0n) is 21.9. The Morgan fingerprint density at radius 3 is 1.77 bits per heavy atom. The highest BCUT2D eigenvalue weighted by Gasteiger charge is 2.44. The lowest BCUT2D eigenvalue weighted by Gasteiger charge is -2.50. The molecule has 0 aliphatic heterocycles. The monoisotopic (exact) mass is 419 g/mol. The van der Waals surface area contributed by atoms with Crippen LogP contribution in [-0.2, 0) is 10.8 Å². The number of rotatable bonds is 2. The minimum atomic E-state index is 0.00604. The summed E-state index contributed by atoms with van der Waals surface area (Å²) in [5.41, 5.74) is 8.71. The maximum absolute atomic E-state index is 2.62. The van der Waals surface area contributed by atoms with Crippen molar-refractivity contribution in [2.24, 2.45) is 10.8 Å². The highest BCUT2D eigenvalue weighted by Crippen LogP contribution is 2.55. The highest BCUT2D eigenvalue weighted by molar-refractivity contribution is 5.59. The van der Waals surface area contributed by atoms with Gasteiger partial charge in [-0.15, -0.1) is 0 Å². The van der Waals surface area contributed by atoms with Crippen molar-refractivity contribution in [2.45, 2.75) is 111 Å². The van der Waals surface area contributed by atoms with Gasteiger partial charge in [-0.3, -0.25) is 0 Å². The normalized spacial score (nSPS) is 29.9. The van der Waals surface area contributed by atoms with Gasteiger partial charge in [0.2, 0.25) is 0 Å². The van der Waals surface area contributed by atoms with E-state index < -0.39 is 0 Å². The molecule has 1 aromatic rings. The highest BCUT2D eigenvalue weighted by atomic mass is 15.2. The molecule has 0 saturated heterocycles. The largest absolute Gasteiger partial charge is 0.365 e. The standard InChI is InChI=1S/C30H45N/c1-26(2)15-17-28(5,6)24-19-21(11-12-22(24)26)31(10)30(9)14-13-23-25(20-30)29(7,8)18-16-27(23,3)4/h11-13,19-20H,14-18H2,1-10H3. The van der Waals surface area contributed by atoms with Gasteiger partial charge in [-0.2, -0.15) is 0 Å². The molecule has 1 aromatic carbocycles. The Labute approximate surface area is 192 Å². The van der Waals surface area contributed by atoms with Crippen LogP contribution in [0.5, 0.6) is 0 Å². The first kappa shape index (κ1) is 22.7. The second kappa shape index (κ2) is 6.75. The Morgan fingerprint density at radius 1 is 0.645 bits per heavy atom. The first-order valence-corrected chi connectivity index (χ1v) is 12.4. The fourth-order valence-electron chi connectivity index (χ4n) is 6.28. The van der Waals surface area contributed by atoms with Crippen molar-refractivity contribution in [2.75, 3.05) is 11.9 Å². The number of likely N-dealkylation sites (N-methyl/N-ethyl adjacent to an activating group) is 1. The first-order chi connectivity index (χ1) is 14.1. The van der Waals surface area contributed by atoms with E-state index in [4.69, 9.17) is 0 Å². The number of hydrogen-bond acceptors (Lipinski definition) is 1. The summed E-state index contributed by atoms with van der Waals surface area (Å²) >= 11 is 0. The lowest BCUT2D eigenvalue weighted by atomic mass is 9.58. The van der Waals surface area contributed by atoms with Gasteiger partial charge in [-0.1, -0.05) is 73.6 Å². The van der Waals surface area contributed by atoms with E-state index in [9.17, 15) is 0 Å². The maximum atomic E-state index is 2.62. The van der Waals surface area contributed by atoms with Gasteiger partial charge in [0, 0.05) is 12.7 Å². The lowest BCUT2D eigenvalue weighted by molar-refractivity contribution is 0.252. The van der Waals surface area contributed by atoms with Crippen molar-refractivity contribution in [3.8, 4) is 0 Å². The van der Waals surface area contributed by atoms with Gasteiger partial charge in [0.25, 0.3) is 0 Å². The number of hydrogen-bond donors (Lipinski definition) is 0. The molecule has 1 saturated carbocycles. The summed E-state index contributed by atoms with van der Waals surface area (Å²) in [6.07, 6.45) is 11.3. The molecule has 0 bridgehead atoms. The Morgan fingerprint density at radius 2 is 1.16 bits per heavy atom. The van der Waals surface area contributed by atoms with E-state index in [0.717, 1.165) is 6.42 Å².